The van der Waals surface area contributed by atoms with Crippen molar-refractivity contribution in [3.05, 3.63) is 71.4 Å². The Morgan fingerprint density at radius 2 is 1.68 bits per heavy atom. The summed E-state index contributed by atoms with van der Waals surface area (Å²) in [5, 5.41) is 20.9. The molecule has 2 aromatic carbocycles. The monoisotopic (exact) mass is 420 g/mol. The van der Waals surface area contributed by atoms with E-state index in [1.165, 1.54) is 5.56 Å². The van der Waals surface area contributed by atoms with Crippen LogP contribution in [0, 0.1) is 5.41 Å². The summed E-state index contributed by atoms with van der Waals surface area (Å²) in [6, 6.07) is 18.5. The fourth-order valence-electron chi connectivity index (χ4n) is 3.80. The van der Waals surface area contributed by atoms with Crippen molar-refractivity contribution < 1.29 is 29.6 Å². The molecule has 0 amide bonds. The van der Waals surface area contributed by atoms with E-state index < -0.39 is 11.9 Å². The number of aliphatic carboxylic acids is 2. The molecule has 0 aliphatic heterocycles. The molecule has 0 fully saturated rings. The van der Waals surface area contributed by atoms with Crippen molar-refractivity contribution >= 4 is 34.3 Å². The first-order valence-corrected chi connectivity index (χ1v) is 9.90. The SMILES string of the molecule is CC1(C)CC(=O)c2c([nH+]c3ccccc3c2NCc2ccccc2)C1.O=C([O-])C(=O)O. The third-order valence-electron chi connectivity index (χ3n) is 5.09. The van der Waals surface area contributed by atoms with Gasteiger partial charge in [0.15, 0.2) is 17.4 Å². The number of pyridine rings is 1. The average Bonchev–Trinajstić information content (AvgIpc) is 2.71. The van der Waals surface area contributed by atoms with Crippen molar-refractivity contribution in [2.75, 3.05) is 5.32 Å². The highest BCUT2D eigenvalue weighted by molar-refractivity contribution is 6.26. The number of fused-ring (bicyclic) bond motifs is 2. The zero-order valence-electron chi connectivity index (χ0n) is 17.4. The number of ketones is 1. The number of carbonyl (C=O) groups excluding carboxylic acids is 2. The lowest BCUT2D eigenvalue weighted by atomic mass is 9.75. The third-order valence-corrected chi connectivity index (χ3v) is 5.09. The number of hydrogen-bond donors (Lipinski definition) is 2. The maximum Gasteiger partial charge on any atom is 0.351 e. The fourth-order valence-corrected chi connectivity index (χ4v) is 3.80. The number of carbonyl (C=O) groups is 3. The summed E-state index contributed by atoms with van der Waals surface area (Å²) in [6.45, 7) is 5.03. The first kappa shape index (κ1) is 22.0. The lowest BCUT2D eigenvalue weighted by Crippen LogP contribution is -2.33. The summed E-state index contributed by atoms with van der Waals surface area (Å²) in [4.78, 5) is 34.5. The van der Waals surface area contributed by atoms with E-state index in [2.05, 4.69) is 48.4 Å². The summed E-state index contributed by atoms with van der Waals surface area (Å²) < 4.78 is 0. The number of rotatable bonds is 3. The molecule has 0 unspecified atom stereocenters. The van der Waals surface area contributed by atoms with Crippen LogP contribution >= 0.6 is 0 Å². The van der Waals surface area contributed by atoms with Gasteiger partial charge in [-0.2, -0.15) is 0 Å². The van der Waals surface area contributed by atoms with Gasteiger partial charge in [0.2, 0.25) is 5.52 Å². The molecule has 0 radical (unpaired) electrons. The minimum absolute atomic E-state index is 0.000258. The molecule has 7 heteroatoms. The van der Waals surface area contributed by atoms with Gasteiger partial charge in [0.05, 0.1) is 11.1 Å². The first-order valence-electron chi connectivity index (χ1n) is 9.90. The van der Waals surface area contributed by atoms with Gasteiger partial charge in [0.25, 0.3) is 0 Å². The molecule has 3 N–H and O–H groups in total. The highest BCUT2D eigenvalue weighted by Gasteiger charge is 2.37. The number of nitrogens with one attached hydrogen (secondary N) is 2. The lowest BCUT2D eigenvalue weighted by Gasteiger charge is -2.28. The number of benzene rings is 2. The Labute approximate surface area is 179 Å². The van der Waals surface area contributed by atoms with Crippen LogP contribution in [0.5, 0.6) is 0 Å². The second-order valence-electron chi connectivity index (χ2n) is 8.27. The van der Waals surface area contributed by atoms with Crippen LogP contribution in [0.1, 0.15) is 41.9 Å². The largest absolute Gasteiger partial charge is 0.539 e. The third kappa shape index (κ3) is 5.25. The molecule has 0 atom stereocenters. The number of aromatic nitrogens is 1. The summed E-state index contributed by atoms with van der Waals surface area (Å²) >= 11 is 0. The number of Topliss-reactive ketones (excluding diaryl/α,β-unsaturated/α-hetero) is 1. The standard InChI is InChI=1S/C22H22N2O.C2H2O4/c1-22(2)12-18-20(19(25)13-22)21(16-10-6-7-11-17(16)24-18)23-14-15-8-4-3-5-9-15;3-1(4)2(5)6/h3-11H,12-14H2,1-2H3,(H,23,24);(H,3,4)(H,5,6). The Bertz CT molecular complexity index is 1130. The summed E-state index contributed by atoms with van der Waals surface area (Å²) in [7, 11) is 0. The molecular formula is C24H24N2O5. The maximum absolute atomic E-state index is 12.9. The molecule has 1 aromatic heterocycles. The predicted molar refractivity (Wildman–Crippen MR) is 113 cm³/mol. The highest BCUT2D eigenvalue weighted by atomic mass is 16.4. The number of carboxylic acid groups (broad SMARTS) is 2. The summed E-state index contributed by atoms with van der Waals surface area (Å²) in [5.41, 5.74) is 5.14. The minimum atomic E-state index is -2.07. The maximum atomic E-state index is 12.9. The minimum Gasteiger partial charge on any atom is -0.539 e. The number of anilines is 1. The number of para-hydroxylation sites is 1. The van der Waals surface area contributed by atoms with Gasteiger partial charge in [0.1, 0.15) is 5.56 Å². The van der Waals surface area contributed by atoms with Crippen LogP contribution in [0.2, 0.25) is 0 Å². The fraction of sp³-hybridized carbons (Fsp3) is 0.250. The molecule has 31 heavy (non-hydrogen) atoms. The van der Waals surface area contributed by atoms with Gasteiger partial charge in [-0.1, -0.05) is 56.3 Å². The van der Waals surface area contributed by atoms with Crippen LogP contribution in [0.15, 0.2) is 54.6 Å². The Morgan fingerprint density at radius 1 is 1.06 bits per heavy atom. The number of hydrogen-bond acceptors (Lipinski definition) is 5. The van der Waals surface area contributed by atoms with Crippen molar-refractivity contribution in [2.24, 2.45) is 5.41 Å². The van der Waals surface area contributed by atoms with Crippen molar-refractivity contribution in [3.63, 3.8) is 0 Å². The molecule has 0 spiro atoms. The van der Waals surface area contributed by atoms with E-state index in [0.717, 1.165) is 34.3 Å². The smallest absolute Gasteiger partial charge is 0.351 e. The molecule has 1 aliphatic rings. The van der Waals surface area contributed by atoms with E-state index in [9.17, 15) is 4.79 Å². The van der Waals surface area contributed by atoms with Crippen molar-refractivity contribution in [1.29, 1.82) is 0 Å². The van der Waals surface area contributed by atoms with Crippen molar-refractivity contribution in [3.8, 4) is 0 Å². The normalized spacial score (nSPS) is 14.2. The molecule has 4 rings (SSSR count). The zero-order valence-corrected chi connectivity index (χ0v) is 17.4. The van der Waals surface area contributed by atoms with Crippen LogP contribution in [0.3, 0.4) is 0 Å². The van der Waals surface area contributed by atoms with E-state index in [1.54, 1.807) is 0 Å². The molecule has 0 saturated carbocycles. The first-order chi connectivity index (χ1) is 14.7. The molecule has 0 saturated heterocycles. The van der Waals surface area contributed by atoms with Gasteiger partial charge in [-0.05, 0) is 17.0 Å². The van der Waals surface area contributed by atoms with Gasteiger partial charge in [-0.15, -0.1) is 0 Å². The van der Waals surface area contributed by atoms with Gasteiger partial charge in [0, 0.05) is 25.5 Å². The number of carboxylic acids is 2. The zero-order chi connectivity index (χ0) is 22.6. The second-order valence-corrected chi connectivity index (χ2v) is 8.27. The Morgan fingerprint density at radius 3 is 2.32 bits per heavy atom. The Balaban J connectivity index is 0.000000401. The van der Waals surface area contributed by atoms with Gasteiger partial charge in [-0.25, -0.2) is 9.78 Å². The highest BCUT2D eigenvalue weighted by Crippen LogP contribution is 2.38. The predicted octanol–water partition coefficient (Wildman–Crippen LogP) is 2.24. The Hall–Kier alpha value is -3.74. The van der Waals surface area contributed by atoms with E-state index in [4.69, 9.17) is 19.8 Å². The Kier molecular flexibility index (Phi) is 6.34. The number of aromatic amines is 1. The van der Waals surface area contributed by atoms with Crippen LogP contribution in [0.25, 0.3) is 10.9 Å². The molecule has 1 aliphatic carbocycles. The van der Waals surface area contributed by atoms with Crippen LogP contribution in [-0.2, 0) is 22.6 Å². The molecule has 7 nitrogen and oxygen atoms in total. The average molecular weight is 420 g/mol. The van der Waals surface area contributed by atoms with Crippen LogP contribution < -0.4 is 15.4 Å². The summed E-state index contributed by atoms with van der Waals surface area (Å²) in [6.07, 6.45) is 1.48. The quantitative estimate of drug-likeness (QED) is 0.627. The topological polar surface area (TPSA) is 121 Å². The van der Waals surface area contributed by atoms with Gasteiger partial charge >= 0.3 is 5.97 Å². The van der Waals surface area contributed by atoms with Crippen LogP contribution in [-0.4, -0.2) is 22.8 Å². The molecular weight excluding hydrogens is 396 g/mol. The second kappa shape index (κ2) is 8.95. The molecule has 3 aromatic rings. The van der Waals surface area contributed by atoms with Gasteiger partial charge < -0.3 is 20.3 Å². The molecule has 160 valence electrons. The summed E-state index contributed by atoms with van der Waals surface area (Å²) in [5.74, 6) is -3.78. The molecule has 1 heterocycles. The van der Waals surface area contributed by atoms with Crippen LogP contribution in [0.4, 0.5) is 5.69 Å². The van der Waals surface area contributed by atoms with E-state index in [-0.39, 0.29) is 11.2 Å². The van der Waals surface area contributed by atoms with E-state index in [1.807, 2.05) is 30.3 Å². The lowest BCUT2D eigenvalue weighted by molar-refractivity contribution is -0.360. The molecule has 0 bridgehead atoms. The van der Waals surface area contributed by atoms with Crippen molar-refractivity contribution in [2.45, 2.75) is 33.2 Å². The number of H-pyrrole nitrogens is 1. The van der Waals surface area contributed by atoms with E-state index in [0.29, 0.717) is 13.0 Å². The van der Waals surface area contributed by atoms with Crippen molar-refractivity contribution in [1.82, 2.24) is 0 Å². The van der Waals surface area contributed by atoms with Gasteiger partial charge in [-0.3, -0.25) is 4.79 Å². The van der Waals surface area contributed by atoms with E-state index >= 15 is 0 Å².